The molecule has 0 nitrogen and oxygen atoms in total. The molecule has 0 atom stereocenters. The Morgan fingerprint density at radius 1 is 1.50 bits per heavy atom. The van der Waals surface area contributed by atoms with Crippen molar-refractivity contribution in [2.24, 2.45) is 0 Å². The summed E-state index contributed by atoms with van der Waals surface area (Å²) in [5.74, 6) is 0. The van der Waals surface area contributed by atoms with Crippen LogP contribution >= 0.6 is 0 Å². The minimum atomic E-state index is -0.499. The number of rotatable bonds is 0. The average Bonchev–Trinajstić information content (AvgIpc) is 2.15. The van der Waals surface area contributed by atoms with Crippen LogP contribution in [0, 0.1) is 6.92 Å². The third-order valence-corrected chi connectivity index (χ3v) is 5.20. The van der Waals surface area contributed by atoms with Gasteiger partial charge in [-0.2, -0.15) is 0 Å². The van der Waals surface area contributed by atoms with E-state index in [1.807, 2.05) is 6.92 Å². The first-order valence-corrected chi connectivity index (χ1v) is 5.74. The van der Waals surface area contributed by atoms with Crippen molar-refractivity contribution in [3.05, 3.63) is 19.2 Å². The first kappa shape index (κ1) is 5.86. The molecule has 0 radical (unpaired) electrons. The standard InChI is InChI=1S/C9H14Te/c1-7-5-6-10-8(7)9(2,3)4/h5-6H,1-4H3/i5D,6D. The van der Waals surface area contributed by atoms with Crippen molar-refractivity contribution in [3.63, 3.8) is 0 Å². The fourth-order valence-corrected chi connectivity index (χ4v) is 3.33. The van der Waals surface area contributed by atoms with Gasteiger partial charge < -0.3 is 0 Å². The van der Waals surface area contributed by atoms with Gasteiger partial charge in [0, 0.05) is 0 Å². The van der Waals surface area contributed by atoms with Crippen molar-refractivity contribution in [2.45, 2.75) is 33.1 Å². The molecule has 0 aliphatic rings. The molecule has 1 aromatic heterocycles. The van der Waals surface area contributed by atoms with Crippen molar-refractivity contribution in [1.82, 2.24) is 0 Å². The average molecular weight is 252 g/mol. The van der Waals surface area contributed by atoms with Crippen LogP contribution in [0.2, 0.25) is 0 Å². The first-order chi connectivity index (χ1) is 5.34. The van der Waals surface area contributed by atoms with Crippen LogP contribution < -0.4 is 0 Å². The Kier molecular flexibility index (Phi) is 1.59. The van der Waals surface area contributed by atoms with Gasteiger partial charge in [-0.05, 0) is 0 Å². The summed E-state index contributed by atoms with van der Waals surface area (Å²) in [5.41, 5.74) is 1.23. The summed E-state index contributed by atoms with van der Waals surface area (Å²) in [5, 5.41) is 0. The summed E-state index contributed by atoms with van der Waals surface area (Å²) in [6.07, 6.45) is 0. The molecular formula is C9H14Te. The molecule has 1 heterocycles. The predicted octanol–water partition coefficient (Wildman–Crippen LogP) is 2.35. The van der Waals surface area contributed by atoms with Gasteiger partial charge in [0.05, 0.1) is 0 Å². The van der Waals surface area contributed by atoms with Crippen LogP contribution in [0.4, 0.5) is 0 Å². The molecule has 10 heavy (non-hydrogen) atoms. The van der Waals surface area contributed by atoms with Crippen molar-refractivity contribution >= 4 is 20.4 Å². The Balaban J connectivity index is 3.28. The quantitative estimate of drug-likeness (QED) is 0.621. The van der Waals surface area contributed by atoms with Gasteiger partial charge in [-0.15, -0.1) is 0 Å². The Bertz CT molecular complexity index is 294. The maximum atomic E-state index is 7.62. The summed E-state index contributed by atoms with van der Waals surface area (Å²) in [4.78, 5) is 0. The van der Waals surface area contributed by atoms with E-state index in [1.54, 1.807) is 0 Å². The van der Waals surface area contributed by atoms with E-state index in [-0.39, 0.29) is 5.41 Å². The third kappa shape index (κ3) is 1.65. The number of hydrogen-bond acceptors (Lipinski definition) is 0. The van der Waals surface area contributed by atoms with E-state index < -0.39 is 20.4 Å². The Morgan fingerprint density at radius 2 is 2.10 bits per heavy atom. The predicted molar refractivity (Wildman–Crippen MR) is 46.8 cm³/mol. The monoisotopic (exact) mass is 254 g/mol. The molecule has 0 aliphatic carbocycles. The number of hydrogen-bond donors (Lipinski definition) is 0. The van der Waals surface area contributed by atoms with Crippen LogP contribution in [-0.4, -0.2) is 20.4 Å². The Morgan fingerprint density at radius 3 is 2.30 bits per heavy atom. The van der Waals surface area contributed by atoms with Crippen molar-refractivity contribution in [3.8, 4) is 0 Å². The summed E-state index contributed by atoms with van der Waals surface area (Å²) in [6.45, 7) is 8.49. The summed E-state index contributed by atoms with van der Waals surface area (Å²) in [7, 11) is 0. The van der Waals surface area contributed by atoms with Crippen LogP contribution in [0.25, 0.3) is 0 Å². The van der Waals surface area contributed by atoms with Crippen LogP contribution in [0.3, 0.4) is 0 Å². The summed E-state index contributed by atoms with van der Waals surface area (Å²) in [6, 6.07) is 0.488. The van der Waals surface area contributed by atoms with Crippen LogP contribution in [0.15, 0.2) is 10.1 Å². The SMILES string of the molecule is [2H]c1[te]c(C(C)(C)C)c(C)c1[2H]. The van der Waals surface area contributed by atoms with Gasteiger partial charge in [0.1, 0.15) is 0 Å². The van der Waals surface area contributed by atoms with E-state index in [4.69, 9.17) is 2.74 Å². The van der Waals surface area contributed by atoms with Gasteiger partial charge in [-0.1, -0.05) is 0 Å². The molecule has 1 aromatic rings. The van der Waals surface area contributed by atoms with Gasteiger partial charge in [0.25, 0.3) is 0 Å². The molecule has 0 N–H and O–H groups in total. The van der Waals surface area contributed by atoms with Gasteiger partial charge in [0.15, 0.2) is 0 Å². The second kappa shape index (κ2) is 2.72. The van der Waals surface area contributed by atoms with Crippen LogP contribution in [0.1, 0.15) is 32.7 Å². The summed E-state index contributed by atoms with van der Waals surface area (Å²) >= 11 is -0.499. The molecule has 56 valence electrons. The van der Waals surface area contributed by atoms with E-state index in [0.29, 0.717) is 10.1 Å². The van der Waals surface area contributed by atoms with Gasteiger partial charge >= 0.3 is 75.5 Å². The molecule has 1 heteroatoms. The molecule has 0 bridgehead atoms. The van der Waals surface area contributed by atoms with Crippen molar-refractivity contribution in [1.29, 1.82) is 0 Å². The van der Waals surface area contributed by atoms with Gasteiger partial charge in [-0.3, -0.25) is 0 Å². The van der Waals surface area contributed by atoms with E-state index in [2.05, 4.69) is 20.8 Å². The first-order valence-electron chi connectivity index (χ1n) is 4.41. The molecule has 0 fully saturated rings. The third-order valence-electron chi connectivity index (χ3n) is 1.41. The maximum absolute atomic E-state index is 7.62. The van der Waals surface area contributed by atoms with Gasteiger partial charge in [0.2, 0.25) is 0 Å². The second-order valence-electron chi connectivity index (χ2n) is 3.53. The topological polar surface area (TPSA) is 0 Å². The molecule has 0 saturated carbocycles. The summed E-state index contributed by atoms with van der Waals surface area (Å²) < 4.78 is 17.2. The molecule has 0 aliphatic heterocycles. The second-order valence-corrected chi connectivity index (χ2v) is 5.86. The zero-order valence-corrected chi connectivity index (χ0v) is 9.24. The zero-order valence-electron chi connectivity index (χ0n) is 8.91. The molecule has 0 spiro atoms. The zero-order chi connectivity index (χ0) is 9.52. The molecule has 0 unspecified atom stereocenters. The molecule has 0 saturated heterocycles. The normalized spacial score (nSPS) is 14.8. The van der Waals surface area contributed by atoms with E-state index in [1.165, 1.54) is 3.58 Å². The molecule has 0 amide bonds. The fraction of sp³-hybridized carbons (Fsp3) is 0.556. The molecule has 1 rings (SSSR count). The van der Waals surface area contributed by atoms with Crippen LogP contribution in [0.5, 0.6) is 0 Å². The van der Waals surface area contributed by atoms with Gasteiger partial charge in [-0.25, -0.2) is 0 Å². The fourth-order valence-electron chi connectivity index (χ4n) is 1.00. The Labute approximate surface area is 75.7 Å². The van der Waals surface area contributed by atoms with Crippen molar-refractivity contribution in [2.75, 3.05) is 0 Å². The van der Waals surface area contributed by atoms with Crippen molar-refractivity contribution < 1.29 is 2.74 Å². The van der Waals surface area contributed by atoms with Crippen LogP contribution in [-0.2, 0) is 5.41 Å². The molecular weight excluding hydrogens is 236 g/mol. The van der Waals surface area contributed by atoms with E-state index in [0.717, 1.165) is 5.56 Å². The molecule has 0 aromatic carbocycles. The van der Waals surface area contributed by atoms with E-state index >= 15 is 0 Å². The van der Waals surface area contributed by atoms with E-state index in [9.17, 15) is 0 Å². The Hall–Kier alpha value is 0.270. The minimum absolute atomic E-state index is 0.168.